The number of rotatable bonds is 21. The summed E-state index contributed by atoms with van der Waals surface area (Å²) in [5.74, 6) is 0. The van der Waals surface area contributed by atoms with Crippen molar-refractivity contribution in [1.29, 1.82) is 0 Å². The van der Waals surface area contributed by atoms with E-state index >= 15 is 0 Å². The summed E-state index contributed by atoms with van der Waals surface area (Å²) in [6.45, 7) is 9.43. The fourth-order valence-corrected chi connectivity index (χ4v) is 14.1. The van der Waals surface area contributed by atoms with E-state index in [2.05, 4.69) is 49.7 Å². The van der Waals surface area contributed by atoms with Gasteiger partial charge in [-0.3, -0.25) is 0 Å². The van der Waals surface area contributed by atoms with Crippen LogP contribution in [0.4, 0.5) is 0 Å². The molecule has 0 radical (unpaired) electrons. The van der Waals surface area contributed by atoms with E-state index in [0.29, 0.717) is 0 Å². The molecular formula is C25H54IP. The van der Waals surface area contributed by atoms with Crippen molar-refractivity contribution in [1.82, 2.24) is 0 Å². The molecule has 0 heterocycles. The number of hydrogen-bond donors (Lipinski definition) is 0. The molecule has 0 atom stereocenters. The van der Waals surface area contributed by atoms with Gasteiger partial charge in [-0.1, -0.05) is 0 Å². The summed E-state index contributed by atoms with van der Waals surface area (Å²) in [5, 5.41) is 0. The van der Waals surface area contributed by atoms with Crippen LogP contribution in [0.15, 0.2) is 0 Å². The molecule has 0 aliphatic heterocycles. The summed E-state index contributed by atoms with van der Waals surface area (Å²) in [6, 6.07) is 0. The zero-order chi connectivity index (χ0) is 20.3. The Morgan fingerprint density at radius 2 is 0.593 bits per heavy atom. The normalized spacial score (nSPS) is 13.6. The van der Waals surface area contributed by atoms with Crippen molar-refractivity contribution in [3.05, 3.63) is 0 Å². The van der Waals surface area contributed by atoms with Gasteiger partial charge in [0.25, 0.3) is 0 Å². The minimum absolute atomic E-state index is 1.37. The van der Waals surface area contributed by atoms with Crippen molar-refractivity contribution >= 4 is 26.3 Å². The first kappa shape index (κ1) is 28.2. The molecule has 0 N–H and O–H groups in total. The van der Waals surface area contributed by atoms with Crippen LogP contribution in [-0.2, 0) is 0 Å². The van der Waals surface area contributed by atoms with Gasteiger partial charge in [0.15, 0.2) is 0 Å². The van der Waals surface area contributed by atoms with Crippen LogP contribution in [0.5, 0.6) is 0 Å². The van der Waals surface area contributed by atoms with Crippen LogP contribution in [0.2, 0.25) is 0 Å². The molecule has 166 valence electrons. The Morgan fingerprint density at radius 1 is 0.370 bits per heavy atom. The van der Waals surface area contributed by atoms with Crippen LogP contribution in [0.3, 0.4) is 0 Å². The third-order valence-corrected chi connectivity index (χ3v) is 18.1. The second-order valence-corrected chi connectivity index (χ2v) is 22.9. The monoisotopic (exact) mass is 512 g/mol. The van der Waals surface area contributed by atoms with Gasteiger partial charge < -0.3 is 0 Å². The van der Waals surface area contributed by atoms with Gasteiger partial charge in [0.05, 0.1) is 0 Å². The number of hydrogen-bond acceptors (Lipinski definition) is 0. The average Bonchev–Trinajstić information content (AvgIpc) is 2.65. The third-order valence-electron chi connectivity index (χ3n) is 6.53. The van der Waals surface area contributed by atoms with Crippen LogP contribution >= 0.6 is 26.3 Å². The maximum absolute atomic E-state index is 3.14. The SMILES string of the molecule is CCCCCCCCCCP(I)(CCCCC)(CCCCC)CCCCC. The minimum atomic E-state index is -1.51. The molecule has 0 aromatic carbocycles. The van der Waals surface area contributed by atoms with Gasteiger partial charge in [-0.05, 0) is 0 Å². The van der Waals surface area contributed by atoms with E-state index in [1.807, 2.05) is 0 Å². The molecule has 0 spiro atoms. The van der Waals surface area contributed by atoms with Crippen molar-refractivity contribution in [2.75, 3.05) is 24.6 Å². The van der Waals surface area contributed by atoms with E-state index in [4.69, 9.17) is 0 Å². The predicted octanol–water partition coefficient (Wildman–Crippen LogP) is 10.6. The Hall–Kier alpha value is 1.16. The van der Waals surface area contributed by atoms with Crippen LogP contribution < -0.4 is 0 Å². The maximum atomic E-state index is 3.14. The molecule has 0 aliphatic rings. The molecule has 0 aliphatic carbocycles. The molecule has 0 fully saturated rings. The Labute approximate surface area is 187 Å². The Kier molecular flexibility index (Phi) is 18.7. The summed E-state index contributed by atoms with van der Waals surface area (Å²) < 4.78 is -1.51. The average molecular weight is 513 g/mol. The van der Waals surface area contributed by atoms with Crippen molar-refractivity contribution in [3.63, 3.8) is 0 Å². The first-order chi connectivity index (χ1) is 13.0. The molecule has 0 aromatic heterocycles. The van der Waals surface area contributed by atoms with Crippen LogP contribution in [0.1, 0.15) is 137 Å². The van der Waals surface area contributed by atoms with E-state index in [0.717, 1.165) is 0 Å². The number of halogens is 1. The Morgan fingerprint density at radius 3 is 0.926 bits per heavy atom. The van der Waals surface area contributed by atoms with Crippen LogP contribution in [0, 0.1) is 0 Å². The Bertz CT molecular complexity index is 286. The van der Waals surface area contributed by atoms with E-state index in [1.165, 1.54) is 109 Å². The molecule has 0 saturated heterocycles. The molecule has 2 heteroatoms. The van der Waals surface area contributed by atoms with Crippen molar-refractivity contribution < 1.29 is 0 Å². The molecule has 0 saturated carbocycles. The summed E-state index contributed by atoms with van der Waals surface area (Å²) in [6.07, 6.45) is 31.2. The molecule has 0 aromatic rings. The van der Waals surface area contributed by atoms with Gasteiger partial charge in [-0.2, -0.15) is 0 Å². The van der Waals surface area contributed by atoms with Gasteiger partial charge in [-0.25, -0.2) is 0 Å². The van der Waals surface area contributed by atoms with Gasteiger partial charge in [0.2, 0.25) is 0 Å². The van der Waals surface area contributed by atoms with Gasteiger partial charge in [-0.15, -0.1) is 0 Å². The van der Waals surface area contributed by atoms with Gasteiger partial charge >= 0.3 is 188 Å². The summed E-state index contributed by atoms with van der Waals surface area (Å²) in [4.78, 5) is 0. The van der Waals surface area contributed by atoms with Crippen LogP contribution in [0.25, 0.3) is 0 Å². The van der Waals surface area contributed by atoms with Crippen molar-refractivity contribution in [2.45, 2.75) is 137 Å². The molecule has 0 amide bonds. The van der Waals surface area contributed by atoms with E-state index in [-0.39, 0.29) is 0 Å². The number of unbranched alkanes of at least 4 members (excludes halogenated alkanes) is 13. The standard InChI is InChI=1S/C25H54IP/c1-5-9-13-14-15-16-17-21-25-27(26,22-18-10-6-2,23-19-11-7-3)24-20-12-8-4/h5-25H2,1-4H3. The third kappa shape index (κ3) is 14.7. The molecule has 27 heavy (non-hydrogen) atoms. The van der Waals surface area contributed by atoms with Crippen molar-refractivity contribution in [3.8, 4) is 0 Å². The first-order valence-corrected chi connectivity index (χ1v) is 18.5. The zero-order valence-corrected chi connectivity index (χ0v) is 22.7. The summed E-state index contributed by atoms with van der Waals surface area (Å²) in [5.41, 5.74) is 0. The fraction of sp³-hybridized carbons (Fsp3) is 1.00. The first-order valence-electron chi connectivity index (χ1n) is 12.8. The Balaban J connectivity index is 4.67. The van der Waals surface area contributed by atoms with Crippen LogP contribution in [-0.4, -0.2) is 24.6 Å². The molecule has 0 nitrogen and oxygen atoms in total. The topological polar surface area (TPSA) is 0 Å². The van der Waals surface area contributed by atoms with Gasteiger partial charge in [0.1, 0.15) is 0 Å². The van der Waals surface area contributed by atoms with Gasteiger partial charge in [0, 0.05) is 0 Å². The fourth-order valence-electron chi connectivity index (χ4n) is 4.58. The summed E-state index contributed by atoms with van der Waals surface area (Å²) >= 11 is 3.14. The summed E-state index contributed by atoms with van der Waals surface area (Å²) in [7, 11) is 0. The molecule has 0 rings (SSSR count). The van der Waals surface area contributed by atoms with E-state index in [1.54, 1.807) is 24.6 Å². The molecular weight excluding hydrogens is 458 g/mol. The van der Waals surface area contributed by atoms with E-state index in [9.17, 15) is 0 Å². The quantitative estimate of drug-likeness (QED) is 0.0815. The van der Waals surface area contributed by atoms with Crippen molar-refractivity contribution in [2.24, 2.45) is 0 Å². The molecule has 0 bridgehead atoms. The molecule has 0 unspecified atom stereocenters. The van der Waals surface area contributed by atoms with E-state index < -0.39 is 4.25 Å². The zero-order valence-electron chi connectivity index (χ0n) is 19.7. The second-order valence-electron chi connectivity index (χ2n) is 9.31. The predicted molar refractivity (Wildman–Crippen MR) is 142 cm³/mol. The second kappa shape index (κ2) is 18.0.